The number of carbonyl (C=O) groups is 2. The van der Waals surface area contributed by atoms with E-state index in [2.05, 4.69) is 4.74 Å². The molecule has 1 heterocycles. The van der Waals surface area contributed by atoms with E-state index in [1.807, 2.05) is 0 Å². The lowest BCUT2D eigenvalue weighted by Gasteiger charge is -2.32. The first-order valence-corrected chi connectivity index (χ1v) is 6.91. The summed E-state index contributed by atoms with van der Waals surface area (Å²) < 4.78 is 10.1. The fraction of sp³-hybridized carbons (Fsp3) is 0.429. The number of carbonyl (C=O) groups excluding carboxylic acids is 2. The van der Waals surface area contributed by atoms with Gasteiger partial charge in [-0.2, -0.15) is 0 Å². The van der Waals surface area contributed by atoms with Gasteiger partial charge in [0.05, 0.1) is 37.0 Å². The maximum Gasteiger partial charge on any atom is 0.308 e. The third-order valence-electron chi connectivity index (χ3n) is 3.30. The molecule has 1 aromatic carbocycles. The zero-order valence-corrected chi connectivity index (χ0v) is 12.4. The van der Waals surface area contributed by atoms with E-state index in [1.165, 1.54) is 7.11 Å². The predicted molar refractivity (Wildman–Crippen MR) is 78.1 cm³/mol. The summed E-state index contributed by atoms with van der Waals surface area (Å²) in [7, 11) is 1.32. The van der Waals surface area contributed by atoms with Crippen LogP contribution in [0, 0.1) is 0 Å². The summed E-state index contributed by atoms with van der Waals surface area (Å²) in [5.41, 5.74) is 6.53. The minimum Gasteiger partial charge on any atom is -0.469 e. The number of hydrogen-bond donors (Lipinski definition) is 1. The Morgan fingerprint density at radius 1 is 1.52 bits per heavy atom. The highest BCUT2D eigenvalue weighted by Crippen LogP contribution is 2.21. The third kappa shape index (κ3) is 3.86. The molecule has 1 atom stereocenters. The Morgan fingerprint density at radius 2 is 2.29 bits per heavy atom. The number of ether oxygens (including phenoxy) is 2. The van der Waals surface area contributed by atoms with Crippen molar-refractivity contribution in [3.8, 4) is 0 Å². The summed E-state index contributed by atoms with van der Waals surface area (Å²) in [6.45, 7) is 1.20. The van der Waals surface area contributed by atoms with Gasteiger partial charge in [-0.05, 0) is 18.2 Å². The molecule has 21 heavy (non-hydrogen) atoms. The van der Waals surface area contributed by atoms with Gasteiger partial charge in [0.15, 0.2) is 0 Å². The van der Waals surface area contributed by atoms with Crippen molar-refractivity contribution in [2.75, 3.05) is 32.5 Å². The maximum absolute atomic E-state index is 12.4. The molecule has 2 rings (SSSR count). The van der Waals surface area contributed by atoms with Crippen molar-refractivity contribution in [1.82, 2.24) is 4.90 Å². The van der Waals surface area contributed by atoms with Crippen LogP contribution in [-0.2, 0) is 14.3 Å². The van der Waals surface area contributed by atoms with Crippen LogP contribution in [0.1, 0.15) is 16.8 Å². The van der Waals surface area contributed by atoms with Gasteiger partial charge in [0, 0.05) is 18.7 Å². The van der Waals surface area contributed by atoms with Gasteiger partial charge in [0.25, 0.3) is 5.91 Å². The molecule has 0 spiro atoms. The Bertz CT molecular complexity index is 550. The van der Waals surface area contributed by atoms with Crippen molar-refractivity contribution < 1.29 is 19.1 Å². The van der Waals surface area contributed by atoms with Crippen LogP contribution in [0.25, 0.3) is 0 Å². The standard InChI is InChI=1S/C14H17ClN2O4/c1-20-13(18)7-10-8-17(4-5-21-10)14(19)9-2-3-12(16)11(15)6-9/h2-3,6,10H,4-5,7-8,16H2,1H3. The van der Waals surface area contributed by atoms with E-state index < -0.39 is 0 Å². The van der Waals surface area contributed by atoms with Crippen LogP contribution in [0.3, 0.4) is 0 Å². The SMILES string of the molecule is COC(=O)CC1CN(C(=O)c2ccc(N)c(Cl)c2)CCO1. The minimum atomic E-state index is -0.357. The number of esters is 1. The van der Waals surface area contributed by atoms with E-state index in [0.29, 0.717) is 36.0 Å². The average Bonchev–Trinajstić information content (AvgIpc) is 2.49. The van der Waals surface area contributed by atoms with Crippen molar-refractivity contribution in [2.45, 2.75) is 12.5 Å². The van der Waals surface area contributed by atoms with Gasteiger partial charge < -0.3 is 20.1 Å². The lowest BCUT2D eigenvalue weighted by molar-refractivity contribution is -0.145. The average molecular weight is 313 g/mol. The number of nitrogens with two attached hydrogens (primary N) is 1. The minimum absolute atomic E-state index is 0.128. The van der Waals surface area contributed by atoms with Crippen LogP contribution < -0.4 is 5.73 Å². The van der Waals surface area contributed by atoms with Gasteiger partial charge in [-0.3, -0.25) is 9.59 Å². The van der Waals surface area contributed by atoms with Crippen LogP contribution in [-0.4, -0.2) is 49.7 Å². The smallest absolute Gasteiger partial charge is 0.308 e. The van der Waals surface area contributed by atoms with Gasteiger partial charge in [0.2, 0.25) is 0 Å². The highest BCUT2D eigenvalue weighted by Gasteiger charge is 2.27. The number of rotatable bonds is 3. The lowest BCUT2D eigenvalue weighted by Crippen LogP contribution is -2.46. The van der Waals surface area contributed by atoms with E-state index in [-0.39, 0.29) is 24.4 Å². The van der Waals surface area contributed by atoms with Gasteiger partial charge in [-0.25, -0.2) is 0 Å². The van der Waals surface area contributed by atoms with Crippen molar-refractivity contribution in [3.63, 3.8) is 0 Å². The number of anilines is 1. The fourth-order valence-electron chi connectivity index (χ4n) is 2.14. The molecular formula is C14H17ClN2O4. The summed E-state index contributed by atoms with van der Waals surface area (Å²) in [6.07, 6.45) is -0.220. The summed E-state index contributed by atoms with van der Waals surface area (Å²) in [5.74, 6) is -0.514. The molecule has 0 bridgehead atoms. The quantitative estimate of drug-likeness (QED) is 0.672. The van der Waals surface area contributed by atoms with Gasteiger partial charge >= 0.3 is 5.97 Å². The van der Waals surface area contributed by atoms with Crippen LogP contribution >= 0.6 is 11.6 Å². The first-order chi connectivity index (χ1) is 10.0. The van der Waals surface area contributed by atoms with Crippen molar-refractivity contribution >= 4 is 29.2 Å². The highest BCUT2D eigenvalue weighted by atomic mass is 35.5. The van der Waals surface area contributed by atoms with E-state index in [1.54, 1.807) is 23.1 Å². The Kier molecular flexibility index (Phi) is 5.03. The van der Waals surface area contributed by atoms with E-state index in [4.69, 9.17) is 22.1 Å². The first kappa shape index (κ1) is 15.6. The lowest BCUT2D eigenvalue weighted by atomic mass is 10.1. The molecule has 6 nitrogen and oxygen atoms in total. The molecule has 1 unspecified atom stereocenters. The van der Waals surface area contributed by atoms with Crippen LogP contribution in [0.2, 0.25) is 5.02 Å². The fourth-order valence-corrected chi connectivity index (χ4v) is 2.32. The summed E-state index contributed by atoms with van der Waals surface area (Å²) in [4.78, 5) is 25.3. The molecule has 0 saturated carbocycles. The molecule has 7 heteroatoms. The van der Waals surface area contributed by atoms with Crippen molar-refractivity contribution in [2.24, 2.45) is 0 Å². The number of hydrogen-bond acceptors (Lipinski definition) is 5. The van der Waals surface area contributed by atoms with Crippen molar-refractivity contribution in [3.05, 3.63) is 28.8 Å². The second-order valence-electron chi connectivity index (χ2n) is 4.76. The number of methoxy groups -OCH3 is 1. The number of morpholine rings is 1. The number of halogens is 1. The molecule has 1 aliphatic rings. The Morgan fingerprint density at radius 3 is 2.95 bits per heavy atom. The van der Waals surface area contributed by atoms with E-state index in [0.717, 1.165) is 0 Å². The van der Waals surface area contributed by atoms with E-state index in [9.17, 15) is 9.59 Å². The Labute approximate surface area is 127 Å². The van der Waals surface area contributed by atoms with Crippen LogP contribution in [0.4, 0.5) is 5.69 Å². The number of nitrogen functional groups attached to an aromatic ring is 1. The molecule has 1 aromatic rings. The van der Waals surface area contributed by atoms with Gasteiger partial charge in [-0.1, -0.05) is 11.6 Å². The molecular weight excluding hydrogens is 296 g/mol. The molecule has 1 aliphatic heterocycles. The van der Waals surface area contributed by atoms with Gasteiger partial charge in [0.1, 0.15) is 0 Å². The Hall–Kier alpha value is -1.79. The second-order valence-corrected chi connectivity index (χ2v) is 5.17. The van der Waals surface area contributed by atoms with Crippen molar-refractivity contribution in [1.29, 1.82) is 0 Å². The summed E-state index contributed by atoms with van der Waals surface area (Å²) >= 11 is 5.93. The molecule has 114 valence electrons. The Balaban J connectivity index is 2.04. The molecule has 1 saturated heterocycles. The number of nitrogens with zero attached hydrogens (tertiary/aromatic N) is 1. The summed E-state index contributed by atoms with van der Waals surface area (Å²) in [6, 6.07) is 4.78. The molecule has 0 aliphatic carbocycles. The molecule has 0 radical (unpaired) electrons. The zero-order chi connectivity index (χ0) is 15.4. The first-order valence-electron chi connectivity index (χ1n) is 6.54. The van der Waals surface area contributed by atoms with Gasteiger partial charge in [-0.15, -0.1) is 0 Å². The zero-order valence-electron chi connectivity index (χ0n) is 11.7. The normalized spacial score (nSPS) is 18.4. The van der Waals surface area contributed by atoms with Crippen LogP contribution in [0.15, 0.2) is 18.2 Å². The summed E-state index contributed by atoms with van der Waals surface area (Å²) in [5, 5.41) is 0.347. The number of benzene rings is 1. The third-order valence-corrected chi connectivity index (χ3v) is 3.62. The molecule has 1 amide bonds. The molecule has 2 N–H and O–H groups in total. The van der Waals surface area contributed by atoms with E-state index >= 15 is 0 Å². The molecule has 1 fully saturated rings. The highest BCUT2D eigenvalue weighted by molar-refractivity contribution is 6.33. The molecule has 0 aromatic heterocycles. The monoisotopic (exact) mass is 312 g/mol. The van der Waals surface area contributed by atoms with Crippen LogP contribution in [0.5, 0.6) is 0 Å². The predicted octanol–water partition coefficient (Wildman–Crippen LogP) is 1.33. The topological polar surface area (TPSA) is 81.9 Å². The second kappa shape index (κ2) is 6.78. The largest absolute Gasteiger partial charge is 0.469 e. The maximum atomic E-state index is 12.4. The number of amides is 1.